The Morgan fingerprint density at radius 2 is 0.485 bits per heavy atom. The maximum atomic E-state index is 12.6. The molecule has 6 heteroatoms. The number of esters is 1. The number of nitrogens with one attached hydrogen (secondary N) is 1. The van der Waals surface area contributed by atoms with Crippen molar-refractivity contribution in [3.63, 3.8) is 0 Å². The first kappa shape index (κ1) is 95.3. The molecule has 0 aliphatic carbocycles. The Balaban J connectivity index is 3.33. The average Bonchev–Trinajstić information content (AvgIpc) is 3.68. The Morgan fingerprint density at radius 3 is 0.732 bits per heavy atom. The zero-order valence-electron chi connectivity index (χ0n) is 66.4. The number of carbonyl (C=O) groups excluding carboxylic acids is 2. The lowest BCUT2D eigenvalue weighted by atomic mass is 10.0. The quantitative estimate of drug-likeness (QED) is 0.0320. The first-order valence-corrected chi connectivity index (χ1v) is 45.1. The van der Waals surface area contributed by atoms with Gasteiger partial charge in [-0.15, -0.1) is 0 Å². The highest BCUT2D eigenvalue weighted by atomic mass is 16.5. The number of allylic oxidation sites excluding steroid dienone is 4. The zero-order valence-corrected chi connectivity index (χ0v) is 66.4. The molecule has 0 aromatic heterocycles. The fourth-order valence-electron chi connectivity index (χ4n) is 14.6. The number of unbranched alkanes of at least 4 members (excludes halogenated alkanes) is 71. The minimum Gasteiger partial charge on any atom is -0.466 e. The van der Waals surface area contributed by atoms with Crippen LogP contribution in [0.25, 0.3) is 0 Å². The molecule has 0 aromatic carbocycles. The van der Waals surface area contributed by atoms with E-state index in [0.29, 0.717) is 25.9 Å². The van der Waals surface area contributed by atoms with Crippen LogP contribution in [-0.2, 0) is 14.3 Å². The van der Waals surface area contributed by atoms with Gasteiger partial charge in [-0.1, -0.05) is 456 Å². The van der Waals surface area contributed by atoms with Crippen molar-refractivity contribution in [2.75, 3.05) is 13.2 Å². The van der Waals surface area contributed by atoms with E-state index in [9.17, 15) is 19.8 Å². The van der Waals surface area contributed by atoms with E-state index < -0.39 is 12.1 Å². The molecule has 0 aliphatic heterocycles. The third-order valence-corrected chi connectivity index (χ3v) is 21.5. The van der Waals surface area contributed by atoms with E-state index >= 15 is 0 Å². The fourth-order valence-corrected chi connectivity index (χ4v) is 14.6. The second-order valence-electron chi connectivity index (χ2n) is 31.3. The van der Waals surface area contributed by atoms with E-state index in [0.717, 1.165) is 38.5 Å². The molecule has 0 radical (unpaired) electrons. The largest absolute Gasteiger partial charge is 0.466 e. The summed E-state index contributed by atoms with van der Waals surface area (Å²) < 4.78 is 5.52. The summed E-state index contributed by atoms with van der Waals surface area (Å²) in [5, 5.41) is 23.5. The highest BCUT2D eigenvalue weighted by molar-refractivity contribution is 5.76. The molecule has 1 amide bonds. The maximum absolute atomic E-state index is 12.6. The molecule has 0 saturated heterocycles. The van der Waals surface area contributed by atoms with Gasteiger partial charge in [0.05, 0.1) is 25.4 Å². The lowest BCUT2D eigenvalue weighted by Gasteiger charge is -2.22. The maximum Gasteiger partial charge on any atom is 0.305 e. The Kier molecular flexibility index (Phi) is 85.3. The van der Waals surface area contributed by atoms with Gasteiger partial charge in [0.2, 0.25) is 5.91 Å². The summed E-state index contributed by atoms with van der Waals surface area (Å²) in [5.74, 6) is -0.00441. The lowest BCUT2D eigenvalue weighted by Crippen LogP contribution is -2.45. The number of aliphatic hydroxyl groups excluding tert-OH is 2. The van der Waals surface area contributed by atoms with Gasteiger partial charge in [0.1, 0.15) is 0 Å². The van der Waals surface area contributed by atoms with Gasteiger partial charge in [0.25, 0.3) is 0 Å². The minimum absolute atomic E-state index is 0.0199. The first-order chi connectivity index (χ1) is 48.0. The van der Waals surface area contributed by atoms with Crippen molar-refractivity contribution in [3.05, 3.63) is 24.3 Å². The van der Waals surface area contributed by atoms with Crippen LogP contribution in [0.1, 0.15) is 521 Å². The van der Waals surface area contributed by atoms with Crippen LogP contribution >= 0.6 is 0 Å². The Bertz CT molecular complexity index is 1530. The van der Waals surface area contributed by atoms with Crippen LogP contribution in [0.3, 0.4) is 0 Å². The van der Waals surface area contributed by atoms with E-state index in [2.05, 4.69) is 43.5 Å². The topological polar surface area (TPSA) is 95.9 Å². The summed E-state index contributed by atoms with van der Waals surface area (Å²) in [6.07, 6.45) is 113. The number of ether oxygens (including phenoxy) is 1. The third-order valence-electron chi connectivity index (χ3n) is 21.5. The summed E-state index contributed by atoms with van der Waals surface area (Å²) in [4.78, 5) is 24.7. The smallest absolute Gasteiger partial charge is 0.305 e. The number of amides is 1. The zero-order chi connectivity index (χ0) is 69.8. The second kappa shape index (κ2) is 86.7. The third kappa shape index (κ3) is 83.2. The van der Waals surface area contributed by atoms with Gasteiger partial charge >= 0.3 is 5.97 Å². The summed E-state index contributed by atoms with van der Waals surface area (Å²) in [6.45, 7) is 5.02. The molecule has 576 valence electrons. The molecular weight excluding hydrogens is 1190 g/mol. The fraction of sp³-hybridized carbons (Fsp3) is 0.934. The predicted octanol–water partition coefficient (Wildman–Crippen LogP) is 30.3. The van der Waals surface area contributed by atoms with Crippen LogP contribution in [0, 0.1) is 0 Å². The van der Waals surface area contributed by atoms with Crippen LogP contribution in [-0.4, -0.2) is 47.4 Å². The predicted molar refractivity (Wildman–Crippen MR) is 430 cm³/mol. The first-order valence-electron chi connectivity index (χ1n) is 45.1. The van der Waals surface area contributed by atoms with Crippen molar-refractivity contribution in [1.82, 2.24) is 5.32 Å². The molecule has 0 heterocycles. The van der Waals surface area contributed by atoms with E-state index in [1.165, 1.54) is 449 Å². The van der Waals surface area contributed by atoms with Gasteiger partial charge < -0.3 is 20.3 Å². The van der Waals surface area contributed by atoms with E-state index in [-0.39, 0.29) is 18.5 Å². The van der Waals surface area contributed by atoms with E-state index in [1.807, 2.05) is 0 Å². The summed E-state index contributed by atoms with van der Waals surface area (Å²) in [7, 11) is 0. The van der Waals surface area contributed by atoms with Crippen molar-refractivity contribution in [1.29, 1.82) is 0 Å². The molecular formula is C91H177NO5. The Labute approximate surface area is 609 Å². The number of aliphatic hydroxyl groups is 2. The highest BCUT2D eigenvalue weighted by Crippen LogP contribution is 2.21. The lowest BCUT2D eigenvalue weighted by molar-refractivity contribution is -0.143. The normalized spacial score (nSPS) is 12.5. The molecule has 0 aromatic rings. The molecule has 0 rings (SSSR count). The molecule has 0 saturated carbocycles. The van der Waals surface area contributed by atoms with Gasteiger partial charge in [-0.25, -0.2) is 0 Å². The number of rotatable bonds is 86. The van der Waals surface area contributed by atoms with Gasteiger partial charge in [0, 0.05) is 12.8 Å². The Morgan fingerprint density at radius 1 is 0.278 bits per heavy atom. The monoisotopic (exact) mass is 1360 g/mol. The van der Waals surface area contributed by atoms with Gasteiger partial charge in [-0.2, -0.15) is 0 Å². The van der Waals surface area contributed by atoms with Crippen molar-refractivity contribution < 1.29 is 24.5 Å². The van der Waals surface area contributed by atoms with Gasteiger partial charge in [0.15, 0.2) is 0 Å². The van der Waals surface area contributed by atoms with Gasteiger partial charge in [-0.3, -0.25) is 9.59 Å². The van der Waals surface area contributed by atoms with Crippen molar-refractivity contribution in [3.8, 4) is 0 Å². The van der Waals surface area contributed by atoms with Crippen molar-refractivity contribution >= 4 is 11.9 Å². The second-order valence-corrected chi connectivity index (χ2v) is 31.3. The SMILES string of the molecule is CCCCCCCCC/C=C\CCCCCCCCCC(=O)OCCCCCCCCCCCCCCCCCC/C=C\CCCCCCCCCCCCCCCCCCCC(=O)NC(CO)C(O)CCCCCCCCCCCCCCCCCCCCCCCCCCC. The molecule has 0 bridgehead atoms. The average molecular weight is 1370 g/mol. The van der Waals surface area contributed by atoms with Crippen LogP contribution in [0.5, 0.6) is 0 Å². The number of hydrogen-bond donors (Lipinski definition) is 3. The molecule has 2 atom stereocenters. The molecule has 0 aliphatic rings. The van der Waals surface area contributed by atoms with Crippen molar-refractivity contribution in [2.45, 2.75) is 533 Å². The van der Waals surface area contributed by atoms with E-state index in [1.54, 1.807) is 0 Å². The van der Waals surface area contributed by atoms with Crippen LogP contribution < -0.4 is 5.32 Å². The van der Waals surface area contributed by atoms with Gasteiger partial charge in [-0.05, 0) is 77.0 Å². The molecule has 0 fully saturated rings. The Hall–Kier alpha value is -1.66. The summed E-state index contributed by atoms with van der Waals surface area (Å²) in [5.41, 5.74) is 0. The molecule has 0 spiro atoms. The summed E-state index contributed by atoms with van der Waals surface area (Å²) in [6, 6.07) is -0.540. The molecule has 2 unspecified atom stereocenters. The molecule has 97 heavy (non-hydrogen) atoms. The molecule has 3 N–H and O–H groups in total. The number of carbonyl (C=O) groups is 2. The van der Waals surface area contributed by atoms with Crippen LogP contribution in [0.15, 0.2) is 24.3 Å². The highest BCUT2D eigenvalue weighted by Gasteiger charge is 2.20. The minimum atomic E-state index is -0.663. The molecule has 6 nitrogen and oxygen atoms in total. The standard InChI is InChI=1S/C91H177NO5/c1-3-5-7-9-11-13-15-17-19-21-23-24-25-39-42-45-48-51-55-59-63-67-71-75-79-83-89(94)88(87-93)92-90(95)84-80-76-72-68-64-60-56-52-49-46-43-40-37-35-33-31-29-27-26-28-30-32-34-36-38-41-44-47-50-54-58-62-66-70-74-78-82-86-97-91(96)85-81-77-73-69-65-61-57-53-22-20-18-16-14-12-10-8-6-4-2/h20,22,26,28,88-89,93-94H,3-19,21,23-25,27,29-87H2,1-2H3,(H,92,95)/b22-20-,28-26-. The van der Waals surface area contributed by atoms with Crippen molar-refractivity contribution in [2.24, 2.45) is 0 Å². The van der Waals surface area contributed by atoms with Crippen LogP contribution in [0.4, 0.5) is 0 Å². The number of hydrogen-bond acceptors (Lipinski definition) is 5. The van der Waals surface area contributed by atoms with Crippen LogP contribution in [0.2, 0.25) is 0 Å². The summed E-state index contributed by atoms with van der Waals surface area (Å²) >= 11 is 0. The van der Waals surface area contributed by atoms with E-state index in [4.69, 9.17) is 4.74 Å².